The fourth-order valence-corrected chi connectivity index (χ4v) is 7.79. The lowest BCUT2D eigenvalue weighted by Gasteiger charge is -2.61. The van der Waals surface area contributed by atoms with Gasteiger partial charge in [-0.2, -0.15) is 0 Å². The molecule has 4 aliphatic carbocycles. The minimum Gasteiger partial charge on any atom is -0.451 e. The van der Waals surface area contributed by atoms with Gasteiger partial charge in [-0.3, -0.25) is 14.4 Å². The molecule has 3 saturated carbocycles. The third-order valence-electron chi connectivity index (χ3n) is 8.85. The highest BCUT2D eigenvalue weighted by molar-refractivity contribution is 6.01. The van der Waals surface area contributed by atoms with E-state index in [1.54, 1.807) is 12.2 Å². The Morgan fingerprint density at radius 1 is 1.30 bits per heavy atom. The average molecular weight is 417 g/mol. The Bertz CT molecular complexity index is 858. The summed E-state index contributed by atoms with van der Waals surface area (Å²) in [5.74, 6) is -0.724. The molecule has 0 aromatic heterocycles. The van der Waals surface area contributed by atoms with E-state index in [-0.39, 0.29) is 29.5 Å². The van der Waals surface area contributed by atoms with Crippen molar-refractivity contribution in [3.63, 3.8) is 0 Å². The number of carbonyl (C=O) groups is 3. The summed E-state index contributed by atoms with van der Waals surface area (Å²) in [4.78, 5) is 36.9. The number of esters is 1. The summed E-state index contributed by atoms with van der Waals surface area (Å²) in [6, 6.07) is 0. The molecule has 2 N–H and O–H groups in total. The number of aliphatic hydroxyl groups excluding tert-OH is 2. The third-order valence-corrected chi connectivity index (χ3v) is 8.85. The van der Waals surface area contributed by atoms with Crippen molar-refractivity contribution in [3.05, 3.63) is 23.8 Å². The van der Waals surface area contributed by atoms with Crippen LogP contribution in [0.3, 0.4) is 0 Å². The molecule has 0 aromatic carbocycles. The lowest BCUT2D eigenvalue weighted by molar-refractivity contribution is -0.199. The number of ketones is 2. The Kier molecular flexibility index (Phi) is 4.90. The van der Waals surface area contributed by atoms with Gasteiger partial charge in [-0.05, 0) is 55.6 Å². The SMILES string of the molecule is CC(=O)O[C@@]1(C(=O)CO)CC[C@H]2[C@@H]3C[C@H](C)C4=CC(=O)C=C[C@]4(C)[C@H]3[C@@H](O)C[C@@]21C. The topological polar surface area (TPSA) is 101 Å². The van der Waals surface area contributed by atoms with Crippen LogP contribution in [0, 0.1) is 34.5 Å². The van der Waals surface area contributed by atoms with Crippen molar-refractivity contribution in [1.82, 2.24) is 0 Å². The van der Waals surface area contributed by atoms with E-state index >= 15 is 0 Å². The molecule has 6 heteroatoms. The lowest BCUT2D eigenvalue weighted by Crippen LogP contribution is -2.63. The molecule has 0 unspecified atom stereocenters. The van der Waals surface area contributed by atoms with Crippen molar-refractivity contribution >= 4 is 17.5 Å². The average Bonchev–Trinajstić information content (AvgIpc) is 2.94. The van der Waals surface area contributed by atoms with Crippen LogP contribution in [0.15, 0.2) is 23.8 Å². The van der Waals surface area contributed by atoms with E-state index in [4.69, 9.17) is 4.74 Å². The van der Waals surface area contributed by atoms with Crippen LogP contribution in [0.5, 0.6) is 0 Å². The smallest absolute Gasteiger partial charge is 0.303 e. The maximum Gasteiger partial charge on any atom is 0.303 e. The van der Waals surface area contributed by atoms with Crippen LogP contribution in [0.25, 0.3) is 0 Å². The minimum atomic E-state index is -1.40. The highest BCUT2D eigenvalue weighted by Gasteiger charge is 2.70. The van der Waals surface area contributed by atoms with E-state index in [0.29, 0.717) is 19.3 Å². The van der Waals surface area contributed by atoms with Gasteiger partial charge in [0.1, 0.15) is 6.61 Å². The summed E-state index contributed by atoms with van der Waals surface area (Å²) < 4.78 is 5.70. The van der Waals surface area contributed by atoms with Crippen molar-refractivity contribution in [3.8, 4) is 0 Å². The van der Waals surface area contributed by atoms with Crippen LogP contribution in [-0.4, -0.2) is 46.1 Å². The van der Waals surface area contributed by atoms with Crippen LogP contribution < -0.4 is 0 Å². The molecule has 3 fully saturated rings. The number of ether oxygens (including phenoxy) is 1. The number of hydrogen-bond acceptors (Lipinski definition) is 6. The largest absolute Gasteiger partial charge is 0.451 e. The Morgan fingerprint density at radius 2 is 2.00 bits per heavy atom. The zero-order valence-corrected chi connectivity index (χ0v) is 18.2. The van der Waals surface area contributed by atoms with Crippen molar-refractivity contribution < 1.29 is 29.3 Å². The van der Waals surface area contributed by atoms with Crippen molar-refractivity contribution in [2.24, 2.45) is 34.5 Å². The van der Waals surface area contributed by atoms with Gasteiger partial charge in [0, 0.05) is 23.7 Å². The van der Waals surface area contributed by atoms with Gasteiger partial charge in [-0.1, -0.05) is 32.4 Å². The summed E-state index contributed by atoms with van der Waals surface area (Å²) in [5.41, 5.74) is -1.48. The molecular formula is C24H32O6. The molecule has 0 saturated heterocycles. The molecule has 0 aromatic rings. The zero-order valence-electron chi connectivity index (χ0n) is 18.2. The molecule has 8 atom stereocenters. The second-order valence-corrected chi connectivity index (χ2v) is 10.3. The fourth-order valence-electron chi connectivity index (χ4n) is 7.79. The van der Waals surface area contributed by atoms with E-state index in [2.05, 4.69) is 13.8 Å². The van der Waals surface area contributed by atoms with Gasteiger partial charge in [-0.25, -0.2) is 0 Å². The molecule has 0 heterocycles. The van der Waals surface area contributed by atoms with E-state index < -0.39 is 40.9 Å². The number of carbonyl (C=O) groups excluding carboxylic acids is 3. The van der Waals surface area contributed by atoms with Gasteiger partial charge in [-0.15, -0.1) is 0 Å². The van der Waals surface area contributed by atoms with Crippen LogP contribution in [0.4, 0.5) is 0 Å². The molecule has 164 valence electrons. The number of allylic oxidation sites excluding steroid dienone is 4. The molecular weight excluding hydrogens is 384 g/mol. The Hall–Kier alpha value is -1.79. The normalized spacial score (nSPS) is 47.1. The summed E-state index contributed by atoms with van der Waals surface area (Å²) >= 11 is 0. The predicted octanol–water partition coefficient (Wildman–Crippen LogP) is 2.37. The van der Waals surface area contributed by atoms with Crippen molar-refractivity contribution in [2.45, 2.75) is 65.1 Å². The van der Waals surface area contributed by atoms with Gasteiger partial charge in [0.25, 0.3) is 0 Å². The van der Waals surface area contributed by atoms with Crippen molar-refractivity contribution in [2.75, 3.05) is 6.61 Å². The maximum atomic E-state index is 12.9. The first-order valence-corrected chi connectivity index (χ1v) is 11.0. The molecule has 0 radical (unpaired) electrons. The van der Waals surface area contributed by atoms with E-state index in [9.17, 15) is 24.6 Å². The van der Waals surface area contributed by atoms with Gasteiger partial charge in [0.2, 0.25) is 5.78 Å². The van der Waals surface area contributed by atoms with E-state index in [0.717, 1.165) is 12.0 Å². The summed E-state index contributed by atoms with van der Waals surface area (Å²) in [5, 5.41) is 21.1. The Balaban J connectivity index is 1.80. The number of aliphatic hydroxyl groups is 2. The number of rotatable bonds is 3. The van der Waals surface area contributed by atoms with Crippen LogP contribution in [-0.2, 0) is 19.1 Å². The number of hydrogen-bond donors (Lipinski definition) is 2. The molecule has 0 aliphatic heterocycles. The monoisotopic (exact) mass is 416 g/mol. The number of Topliss-reactive ketones (excluding diaryl/α,β-unsaturated/α-hetero) is 1. The maximum absolute atomic E-state index is 12.9. The molecule has 0 amide bonds. The third kappa shape index (κ3) is 2.65. The fraction of sp³-hybridized carbons (Fsp3) is 0.708. The van der Waals surface area contributed by atoms with E-state index in [1.807, 2.05) is 13.0 Å². The molecule has 30 heavy (non-hydrogen) atoms. The molecule has 4 aliphatic rings. The summed E-state index contributed by atoms with van der Waals surface area (Å²) in [7, 11) is 0. The first kappa shape index (κ1) is 21.4. The molecule has 0 spiro atoms. The number of fused-ring (bicyclic) bond motifs is 5. The standard InChI is InChI=1S/C24H32O6/c1-13-9-16-17-6-8-24(20(29)12-25,30-14(2)26)23(17,4)11-19(28)21(16)22(3)7-5-15(27)10-18(13)22/h5,7,10,13,16-17,19,21,25,28H,6,8-9,11-12H2,1-4H3/t13-,16-,17-,19-,21+,22-,23-,24+/m0/s1. The lowest BCUT2D eigenvalue weighted by atomic mass is 9.44. The Labute approximate surface area is 177 Å². The first-order chi connectivity index (χ1) is 14.0. The van der Waals surface area contributed by atoms with Gasteiger partial charge < -0.3 is 14.9 Å². The Morgan fingerprint density at radius 3 is 2.63 bits per heavy atom. The van der Waals surface area contributed by atoms with Crippen molar-refractivity contribution in [1.29, 1.82) is 0 Å². The van der Waals surface area contributed by atoms with Gasteiger partial charge in [0.15, 0.2) is 11.4 Å². The second kappa shape index (κ2) is 6.86. The van der Waals surface area contributed by atoms with Crippen LogP contribution in [0.2, 0.25) is 0 Å². The predicted molar refractivity (Wildman–Crippen MR) is 109 cm³/mol. The highest BCUT2D eigenvalue weighted by atomic mass is 16.6. The van der Waals surface area contributed by atoms with Gasteiger partial charge >= 0.3 is 5.97 Å². The van der Waals surface area contributed by atoms with Crippen LogP contribution in [0.1, 0.15) is 53.4 Å². The van der Waals surface area contributed by atoms with Gasteiger partial charge in [0.05, 0.1) is 6.10 Å². The molecule has 4 rings (SSSR count). The van der Waals surface area contributed by atoms with E-state index in [1.165, 1.54) is 6.92 Å². The molecule has 6 nitrogen and oxygen atoms in total. The van der Waals surface area contributed by atoms with Crippen LogP contribution >= 0.6 is 0 Å². The minimum absolute atomic E-state index is 0.00815. The summed E-state index contributed by atoms with van der Waals surface area (Å²) in [6.45, 7) is 6.77. The zero-order chi connectivity index (χ0) is 22.1. The quantitative estimate of drug-likeness (QED) is 0.685. The highest BCUT2D eigenvalue weighted by Crippen LogP contribution is 2.68. The summed E-state index contributed by atoms with van der Waals surface area (Å²) in [6.07, 6.45) is 6.77. The first-order valence-electron chi connectivity index (χ1n) is 11.0. The second-order valence-electron chi connectivity index (χ2n) is 10.3. The molecule has 0 bridgehead atoms.